The minimum Gasteiger partial charge on any atom is -0.378 e. The van der Waals surface area contributed by atoms with E-state index in [2.05, 4.69) is 75.5 Å². The van der Waals surface area contributed by atoms with Crippen molar-refractivity contribution in [2.75, 3.05) is 19.0 Å². The summed E-state index contributed by atoms with van der Waals surface area (Å²) in [6.07, 6.45) is 2.42. The van der Waals surface area contributed by atoms with Crippen molar-refractivity contribution >= 4 is 29.4 Å². The largest absolute Gasteiger partial charge is 0.378 e. The molecule has 0 saturated heterocycles. The average Bonchev–Trinajstić information content (AvgIpc) is 2.25. The molecule has 0 unspecified atom stereocenters. The highest BCUT2D eigenvalue weighted by Crippen LogP contribution is 2.16. The lowest BCUT2D eigenvalue weighted by atomic mass is 10.2. The fourth-order valence-electron chi connectivity index (χ4n) is 1.82. The maximum Gasteiger partial charge on any atom is 0.0684 e. The van der Waals surface area contributed by atoms with E-state index in [4.69, 9.17) is 0 Å². The molecule has 0 spiro atoms. The highest BCUT2D eigenvalue weighted by molar-refractivity contribution is 6.87. The standard InChI is InChI=1S/C14H23NSi2/c1-15(2)13-9-7-12(8-10-13)11-14(16(3)4)17(5)6/h7-11H,1-6H3. The van der Waals surface area contributed by atoms with E-state index in [0.717, 1.165) is 0 Å². The zero-order chi connectivity index (χ0) is 13.0. The van der Waals surface area contributed by atoms with Gasteiger partial charge in [0.25, 0.3) is 0 Å². The van der Waals surface area contributed by atoms with Crippen molar-refractivity contribution in [2.24, 2.45) is 0 Å². The van der Waals surface area contributed by atoms with Crippen LogP contribution in [0.2, 0.25) is 26.2 Å². The van der Waals surface area contributed by atoms with Crippen LogP contribution in [0.4, 0.5) is 5.69 Å². The van der Waals surface area contributed by atoms with Gasteiger partial charge in [-0.05, 0) is 17.7 Å². The summed E-state index contributed by atoms with van der Waals surface area (Å²) >= 11 is 0. The summed E-state index contributed by atoms with van der Waals surface area (Å²) in [5, 5.41) is 0. The number of hydrogen-bond donors (Lipinski definition) is 0. The molecule has 0 atom stereocenters. The van der Waals surface area contributed by atoms with E-state index in [-0.39, 0.29) is 17.6 Å². The number of nitrogens with zero attached hydrogens (tertiary/aromatic N) is 1. The van der Waals surface area contributed by atoms with Crippen LogP contribution in [0.1, 0.15) is 5.56 Å². The van der Waals surface area contributed by atoms with E-state index in [1.165, 1.54) is 11.3 Å². The van der Waals surface area contributed by atoms with Crippen LogP contribution in [0.15, 0.2) is 29.1 Å². The van der Waals surface area contributed by atoms with Crippen LogP contribution in [0.5, 0.6) is 0 Å². The first-order valence-corrected chi connectivity index (χ1v) is 11.0. The van der Waals surface area contributed by atoms with E-state index in [1.54, 1.807) is 4.82 Å². The Bertz CT molecular complexity index is 368. The molecule has 0 aliphatic rings. The second kappa shape index (κ2) is 6.21. The second-order valence-electron chi connectivity index (χ2n) is 5.04. The minimum atomic E-state index is -0.300. The normalized spacial score (nSPS) is 10.8. The molecule has 1 rings (SSSR count). The summed E-state index contributed by atoms with van der Waals surface area (Å²) in [6.45, 7) is 9.56. The quantitative estimate of drug-likeness (QED) is 0.747. The predicted octanol–water partition coefficient (Wildman–Crippen LogP) is 3.72. The Labute approximate surface area is 109 Å². The highest BCUT2D eigenvalue weighted by atomic mass is 28.3. The Kier molecular flexibility index (Phi) is 5.21. The van der Waals surface area contributed by atoms with Gasteiger partial charge in [0.2, 0.25) is 0 Å². The van der Waals surface area contributed by atoms with Gasteiger partial charge in [0, 0.05) is 19.8 Å². The van der Waals surface area contributed by atoms with Crippen LogP contribution in [0.25, 0.3) is 6.08 Å². The van der Waals surface area contributed by atoms with Gasteiger partial charge in [0.15, 0.2) is 0 Å². The lowest BCUT2D eigenvalue weighted by Gasteiger charge is -2.14. The molecule has 0 fully saturated rings. The fourth-order valence-corrected chi connectivity index (χ4v) is 6.73. The van der Waals surface area contributed by atoms with E-state index in [1.807, 2.05) is 0 Å². The first-order valence-electron chi connectivity index (χ1n) is 6.02. The van der Waals surface area contributed by atoms with E-state index >= 15 is 0 Å². The Hall–Kier alpha value is -0.806. The van der Waals surface area contributed by atoms with Crippen LogP contribution < -0.4 is 4.90 Å². The summed E-state index contributed by atoms with van der Waals surface area (Å²) in [5.41, 5.74) is 2.61. The maximum absolute atomic E-state index is 2.42. The molecule has 0 aromatic heterocycles. The van der Waals surface area contributed by atoms with Crippen molar-refractivity contribution in [1.29, 1.82) is 0 Å². The van der Waals surface area contributed by atoms with Gasteiger partial charge < -0.3 is 4.90 Å². The van der Waals surface area contributed by atoms with Crippen molar-refractivity contribution in [2.45, 2.75) is 26.2 Å². The minimum absolute atomic E-state index is 0.300. The third kappa shape index (κ3) is 4.17. The molecule has 92 valence electrons. The van der Waals surface area contributed by atoms with Crippen LogP contribution in [-0.4, -0.2) is 31.7 Å². The molecule has 1 aromatic carbocycles. The van der Waals surface area contributed by atoms with Gasteiger partial charge in [-0.1, -0.05) is 49.2 Å². The Morgan fingerprint density at radius 1 is 0.941 bits per heavy atom. The smallest absolute Gasteiger partial charge is 0.0684 e. The molecule has 2 radical (unpaired) electrons. The molecular weight excluding hydrogens is 238 g/mol. The van der Waals surface area contributed by atoms with Gasteiger partial charge in [-0.2, -0.15) is 0 Å². The van der Waals surface area contributed by atoms with Gasteiger partial charge >= 0.3 is 0 Å². The van der Waals surface area contributed by atoms with Gasteiger partial charge in [-0.3, -0.25) is 0 Å². The monoisotopic (exact) mass is 261 g/mol. The predicted molar refractivity (Wildman–Crippen MR) is 83.7 cm³/mol. The van der Waals surface area contributed by atoms with Crippen LogP contribution in [0.3, 0.4) is 0 Å². The molecule has 0 aliphatic heterocycles. The molecule has 0 bridgehead atoms. The number of hydrogen-bond acceptors (Lipinski definition) is 1. The molecule has 0 N–H and O–H groups in total. The zero-order valence-corrected chi connectivity index (χ0v) is 13.8. The first-order chi connectivity index (χ1) is 7.91. The summed E-state index contributed by atoms with van der Waals surface area (Å²) in [7, 11) is 3.56. The number of benzene rings is 1. The Balaban J connectivity index is 2.96. The summed E-state index contributed by atoms with van der Waals surface area (Å²) in [5.74, 6) is 0. The van der Waals surface area contributed by atoms with Crippen molar-refractivity contribution in [3.8, 4) is 0 Å². The molecule has 0 amide bonds. The van der Waals surface area contributed by atoms with Crippen molar-refractivity contribution in [3.63, 3.8) is 0 Å². The summed E-state index contributed by atoms with van der Waals surface area (Å²) in [4.78, 5) is 3.86. The first kappa shape index (κ1) is 14.3. The zero-order valence-electron chi connectivity index (χ0n) is 11.8. The van der Waals surface area contributed by atoms with Crippen LogP contribution in [0, 0.1) is 0 Å². The summed E-state index contributed by atoms with van der Waals surface area (Å²) in [6, 6.07) is 8.84. The molecular formula is C14H23NSi2. The van der Waals surface area contributed by atoms with Crippen molar-refractivity contribution in [1.82, 2.24) is 0 Å². The molecule has 1 aromatic rings. The van der Waals surface area contributed by atoms with Crippen LogP contribution in [-0.2, 0) is 0 Å². The van der Waals surface area contributed by atoms with Crippen LogP contribution >= 0.6 is 0 Å². The van der Waals surface area contributed by atoms with E-state index in [9.17, 15) is 0 Å². The number of rotatable bonds is 4. The Morgan fingerprint density at radius 2 is 1.41 bits per heavy atom. The lowest BCUT2D eigenvalue weighted by Crippen LogP contribution is -2.18. The summed E-state index contributed by atoms with van der Waals surface area (Å²) < 4.78 is 0. The Morgan fingerprint density at radius 3 is 1.76 bits per heavy atom. The SMILES string of the molecule is CN(C)c1ccc(C=C([Si](C)C)[Si](C)C)cc1. The van der Waals surface area contributed by atoms with Gasteiger partial charge in [0.05, 0.1) is 17.6 Å². The van der Waals surface area contributed by atoms with E-state index < -0.39 is 0 Å². The highest BCUT2D eigenvalue weighted by Gasteiger charge is 2.10. The van der Waals surface area contributed by atoms with Gasteiger partial charge in [-0.15, -0.1) is 0 Å². The lowest BCUT2D eigenvalue weighted by molar-refractivity contribution is 1.13. The van der Waals surface area contributed by atoms with Crippen molar-refractivity contribution < 1.29 is 0 Å². The second-order valence-corrected chi connectivity index (χ2v) is 10.6. The molecule has 0 aliphatic carbocycles. The molecule has 1 nitrogen and oxygen atoms in total. The average molecular weight is 262 g/mol. The third-order valence-electron chi connectivity index (χ3n) is 2.80. The molecule has 0 heterocycles. The van der Waals surface area contributed by atoms with Gasteiger partial charge in [0.1, 0.15) is 0 Å². The molecule has 0 saturated carbocycles. The third-order valence-corrected chi connectivity index (χ3v) is 8.24. The molecule has 17 heavy (non-hydrogen) atoms. The van der Waals surface area contributed by atoms with Crippen molar-refractivity contribution in [3.05, 3.63) is 34.6 Å². The topological polar surface area (TPSA) is 3.24 Å². The fraction of sp³-hybridized carbons (Fsp3) is 0.429. The number of anilines is 1. The maximum atomic E-state index is 2.42. The van der Waals surface area contributed by atoms with Gasteiger partial charge in [-0.25, -0.2) is 0 Å². The van der Waals surface area contributed by atoms with E-state index in [0.29, 0.717) is 0 Å². The molecule has 3 heteroatoms.